The van der Waals surface area contributed by atoms with E-state index in [1.807, 2.05) is 29.2 Å². The molecule has 0 radical (unpaired) electrons. The third kappa shape index (κ3) is 4.74. The Kier molecular flexibility index (Phi) is 6.32. The summed E-state index contributed by atoms with van der Waals surface area (Å²) in [6, 6.07) is 16.2. The molecule has 1 atom stereocenters. The van der Waals surface area contributed by atoms with E-state index in [4.69, 9.17) is 9.47 Å². The maximum atomic E-state index is 13.2. The molecule has 5 rings (SSSR count). The standard InChI is InChI=1S/C26H28N4O3/c1-32-22-8-6-20(7-9-22)25-26(28-12-11-27-25)23-17-30(14-15-33-23)24(31)18-29-13-10-19-4-2-3-5-21(19)16-29/h2-9,11-12,23H,10,13-18H2,1H3. The van der Waals surface area contributed by atoms with Crippen LogP contribution < -0.4 is 4.74 Å². The molecule has 0 aliphatic carbocycles. The van der Waals surface area contributed by atoms with Gasteiger partial charge in [0.1, 0.15) is 11.9 Å². The number of hydrogen-bond acceptors (Lipinski definition) is 6. The highest BCUT2D eigenvalue weighted by Gasteiger charge is 2.30. The van der Waals surface area contributed by atoms with Crippen LogP contribution >= 0.6 is 0 Å². The van der Waals surface area contributed by atoms with Crippen LogP contribution in [0.5, 0.6) is 5.75 Å². The Balaban J connectivity index is 1.28. The van der Waals surface area contributed by atoms with E-state index in [1.54, 1.807) is 19.5 Å². The van der Waals surface area contributed by atoms with Gasteiger partial charge in [-0.3, -0.25) is 19.7 Å². The van der Waals surface area contributed by atoms with Gasteiger partial charge in [-0.15, -0.1) is 0 Å². The zero-order valence-electron chi connectivity index (χ0n) is 18.8. The first kappa shape index (κ1) is 21.6. The molecule has 1 aromatic heterocycles. The van der Waals surface area contributed by atoms with Crippen LogP contribution in [-0.2, 0) is 22.5 Å². The highest BCUT2D eigenvalue weighted by atomic mass is 16.5. The van der Waals surface area contributed by atoms with Crippen molar-refractivity contribution in [1.82, 2.24) is 19.8 Å². The van der Waals surface area contributed by atoms with E-state index in [0.29, 0.717) is 26.2 Å². The molecule has 2 aliphatic heterocycles. The lowest BCUT2D eigenvalue weighted by Crippen LogP contribution is -2.47. The van der Waals surface area contributed by atoms with Gasteiger partial charge < -0.3 is 14.4 Å². The molecule has 3 aromatic rings. The lowest BCUT2D eigenvalue weighted by molar-refractivity contribution is -0.140. The molecule has 1 saturated heterocycles. The molecule has 7 heteroatoms. The number of rotatable bonds is 5. The average Bonchev–Trinajstić information content (AvgIpc) is 2.89. The van der Waals surface area contributed by atoms with Gasteiger partial charge >= 0.3 is 0 Å². The number of ether oxygens (including phenoxy) is 2. The van der Waals surface area contributed by atoms with E-state index in [0.717, 1.165) is 42.2 Å². The minimum atomic E-state index is -0.310. The molecule has 0 N–H and O–H groups in total. The smallest absolute Gasteiger partial charge is 0.236 e. The number of amides is 1. The zero-order chi connectivity index (χ0) is 22.6. The van der Waals surface area contributed by atoms with Crippen molar-refractivity contribution in [3.05, 3.63) is 77.7 Å². The Hall–Kier alpha value is -3.29. The van der Waals surface area contributed by atoms with E-state index in [9.17, 15) is 4.79 Å². The topological polar surface area (TPSA) is 67.8 Å². The minimum absolute atomic E-state index is 0.137. The van der Waals surface area contributed by atoms with Gasteiger partial charge in [0.15, 0.2) is 0 Å². The van der Waals surface area contributed by atoms with E-state index in [2.05, 4.69) is 39.1 Å². The van der Waals surface area contributed by atoms with Gasteiger partial charge in [0.05, 0.1) is 38.2 Å². The van der Waals surface area contributed by atoms with Crippen LogP contribution in [0.15, 0.2) is 60.9 Å². The van der Waals surface area contributed by atoms with E-state index in [-0.39, 0.29) is 12.0 Å². The van der Waals surface area contributed by atoms with Gasteiger partial charge in [-0.1, -0.05) is 24.3 Å². The second kappa shape index (κ2) is 9.68. The van der Waals surface area contributed by atoms with Crippen molar-refractivity contribution in [2.75, 3.05) is 39.9 Å². The fourth-order valence-electron chi connectivity index (χ4n) is 4.58. The van der Waals surface area contributed by atoms with Gasteiger partial charge in [-0.25, -0.2) is 0 Å². The van der Waals surface area contributed by atoms with Crippen LogP contribution in [0.2, 0.25) is 0 Å². The molecule has 170 valence electrons. The normalized spacial score (nSPS) is 18.6. The second-order valence-electron chi connectivity index (χ2n) is 8.45. The number of aromatic nitrogens is 2. The molecule has 0 bridgehead atoms. The summed E-state index contributed by atoms with van der Waals surface area (Å²) in [5.41, 5.74) is 5.18. The van der Waals surface area contributed by atoms with Gasteiger partial charge in [0.25, 0.3) is 0 Å². The first-order valence-corrected chi connectivity index (χ1v) is 11.3. The molecule has 0 saturated carbocycles. The van der Waals surface area contributed by atoms with Crippen LogP contribution in [0, 0.1) is 0 Å². The summed E-state index contributed by atoms with van der Waals surface area (Å²) >= 11 is 0. The van der Waals surface area contributed by atoms with E-state index in [1.165, 1.54) is 11.1 Å². The van der Waals surface area contributed by atoms with Crippen molar-refractivity contribution in [3.8, 4) is 17.0 Å². The fourth-order valence-corrected chi connectivity index (χ4v) is 4.58. The van der Waals surface area contributed by atoms with Crippen molar-refractivity contribution >= 4 is 5.91 Å². The first-order valence-electron chi connectivity index (χ1n) is 11.3. The van der Waals surface area contributed by atoms with Crippen molar-refractivity contribution in [2.24, 2.45) is 0 Å². The van der Waals surface area contributed by atoms with Crippen molar-refractivity contribution in [3.63, 3.8) is 0 Å². The van der Waals surface area contributed by atoms with Gasteiger partial charge in [0, 0.05) is 37.6 Å². The van der Waals surface area contributed by atoms with Crippen LogP contribution in [0.1, 0.15) is 22.9 Å². The molecule has 2 aliphatic rings. The van der Waals surface area contributed by atoms with Crippen LogP contribution in [-0.4, -0.2) is 65.6 Å². The lowest BCUT2D eigenvalue weighted by atomic mass is 10.00. The van der Waals surface area contributed by atoms with E-state index >= 15 is 0 Å². The van der Waals surface area contributed by atoms with Crippen LogP contribution in [0.4, 0.5) is 0 Å². The van der Waals surface area contributed by atoms with Crippen molar-refractivity contribution in [2.45, 2.75) is 19.1 Å². The first-order chi connectivity index (χ1) is 16.2. The summed E-state index contributed by atoms with van der Waals surface area (Å²) in [6.45, 7) is 3.71. The largest absolute Gasteiger partial charge is 0.497 e. The third-order valence-corrected chi connectivity index (χ3v) is 6.38. The van der Waals surface area contributed by atoms with Crippen molar-refractivity contribution < 1.29 is 14.3 Å². The number of methoxy groups -OCH3 is 1. The SMILES string of the molecule is COc1ccc(-c2nccnc2C2CN(C(=O)CN3CCc4ccccc4C3)CCO2)cc1. The predicted molar refractivity (Wildman–Crippen MR) is 125 cm³/mol. The van der Waals surface area contributed by atoms with Gasteiger partial charge in [-0.2, -0.15) is 0 Å². The summed E-state index contributed by atoms with van der Waals surface area (Å²) < 4.78 is 11.3. The number of morpholine rings is 1. The van der Waals surface area contributed by atoms with Crippen LogP contribution in [0.25, 0.3) is 11.3 Å². The number of fused-ring (bicyclic) bond motifs is 1. The predicted octanol–water partition coefficient (Wildman–Crippen LogP) is 3.11. The average molecular weight is 445 g/mol. The maximum absolute atomic E-state index is 13.2. The molecule has 1 amide bonds. The number of nitrogens with zero attached hydrogens (tertiary/aromatic N) is 4. The van der Waals surface area contributed by atoms with Crippen LogP contribution in [0.3, 0.4) is 0 Å². The Morgan fingerprint density at radius 1 is 1.06 bits per heavy atom. The molecule has 7 nitrogen and oxygen atoms in total. The summed E-state index contributed by atoms with van der Waals surface area (Å²) in [6.07, 6.45) is 4.04. The summed E-state index contributed by atoms with van der Waals surface area (Å²) in [5.74, 6) is 0.924. The molecule has 3 heterocycles. The molecular weight excluding hydrogens is 416 g/mol. The highest BCUT2D eigenvalue weighted by Crippen LogP contribution is 2.30. The lowest BCUT2D eigenvalue weighted by Gasteiger charge is -2.35. The second-order valence-corrected chi connectivity index (χ2v) is 8.45. The quantitative estimate of drug-likeness (QED) is 0.603. The molecule has 0 spiro atoms. The number of benzene rings is 2. The molecule has 33 heavy (non-hydrogen) atoms. The minimum Gasteiger partial charge on any atom is -0.497 e. The van der Waals surface area contributed by atoms with Crippen molar-refractivity contribution in [1.29, 1.82) is 0 Å². The third-order valence-electron chi connectivity index (χ3n) is 6.38. The summed E-state index contributed by atoms with van der Waals surface area (Å²) in [5, 5.41) is 0. The number of carbonyl (C=O) groups is 1. The Morgan fingerprint density at radius 3 is 2.67 bits per heavy atom. The summed E-state index contributed by atoms with van der Waals surface area (Å²) in [4.78, 5) is 26.5. The number of carbonyl (C=O) groups excluding carboxylic acids is 1. The van der Waals surface area contributed by atoms with E-state index < -0.39 is 0 Å². The zero-order valence-corrected chi connectivity index (χ0v) is 18.8. The molecule has 1 fully saturated rings. The monoisotopic (exact) mass is 444 g/mol. The highest BCUT2D eigenvalue weighted by molar-refractivity contribution is 5.78. The summed E-state index contributed by atoms with van der Waals surface area (Å²) in [7, 11) is 1.65. The maximum Gasteiger partial charge on any atom is 0.236 e. The van der Waals surface area contributed by atoms with Gasteiger partial charge in [-0.05, 0) is 41.8 Å². The Bertz CT molecular complexity index is 1120. The molecule has 1 unspecified atom stereocenters. The molecular formula is C26H28N4O3. The molecule has 2 aromatic carbocycles. The fraction of sp³-hybridized carbons (Fsp3) is 0.346. The number of hydrogen-bond donors (Lipinski definition) is 0. The Morgan fingerprint density at radius 2 is 1.85 bits per heavy atom. The Labute approximate surface area is 194 Å². The van der Waals surface area contributed by atoms with Gasteiger partial charge in [0.2, 0.25) is 5.91 Å².